The van der Waals surface area contributed by atoms with Crippen LogP contribution >= 0.6 is 101 Å². The van der Waals surface area contributed by atoms with Crippen LogP contribution in [0.3, 0.4) is 0 Å². The summed E-state index contributed by atoms with van der Waals surface area (Å²) in [5.74, 6) is -0.787. The summed E-state index contributed by atoms with van der Waals surface area (Å²) in [4.78, 5) is 35.0. The van der Waals surface area contributed by atoms with Crippen LogP contribution in [0.15, 0.2) is 156 Å². The second-order valence-corrected chi connectivity index (χ2v) is 41.8. The summed E-state index contributed by atoms with van der Waals surface area (Å²) in [6.45, 7) is 12.1. The van der Waals surface area contributed by atoms with Gasteiger partial charge < -0.3 is 15.4 Å². The standard InChI is InChI=1S/C23H17F3N2O.C15H9F3N2O.C8H11BO2.2C2H6.I3.3HI.V/c1-2-15-7-5-10-18(13-15)28-20-12-4-3-11-19(20)21(22(28)29)27-17-9-6-8-16(14-17)23(24,25)26;16-15(17,18)9-4-3-5-10(8-9)19-13-11-6-1-2-7-12(11)20-14(13)21;1-2-7-4-3-5-8(6-7)9(10)11;2*1-2;1-3-2;;;;/h3-14H,2H2,1H3;1-8H,(H,19,20,21);3-6,10-11H,2H2,1H3;2*1-2H3;;3*1H;/q;;;;;-1;;;;+2/p-2. The molecule has 22 heteroatoms. The van der Waals surface area contributed by atoms with Crippen LogP contribution in [-0.4, -0.2) is 40.4 Å². The number of aryl methyl sites for hydroxylation is 2. The van der Waals surface area contributed by atoms with Crippen LogP contribution in [0.1, 0.15) is 74.9 Å². The zero-order valence-corrected chi connectivity index (χ0v) is 53.9. The third-order valence-electron chi connectivity index (χ3n) is 9.51. The summed E-state index contributed by atoms with van der Waals surface area (Å²) in [5.41, 5.74) is 4.73. The molecule has 0 fully saturated rings. The van der Waals surface area contributed by atoms with Crippen molar-refractivity contribution < 1.29 is 68.7 Å². The van der Waals surface area contributed by atoms with E-state index in [9.17, 15) is 35.9 Å². The molecule has 0 radical (unpaired) electrons. The Labute approximate surface area is 493 Å². The summed E-state index contributed by atoms with van der Waals surface area (Å²) < 4.78 is 77.1. The van der Waals surface area contributed by atoms with Crippen molar-refractivity contribution in [3.8, 4) is 0 Å². The third-order valence-corrected chi connectivity index (χ3v) is 9.51. The van der Waals surface area contributed by atoms with Gasteiger partial charge in [-0.1, -0.05) is 126 Å². The Morgan fingerprint density at radius 2 is 1.07 bits per heavy atom. The number of nitrogens with one attached hydrogen (secondary N) is 1. The fourth-order valence-corrected chi connectivity index (χ4v) is 6.43. The molecule has 2 heterocycles. The average Bonchev–Trinajstić information content (AvgIpc) is 3.84. The van der Waals surface area contributed by atoms with Gasteiger partial charge in [-0.25, -0.2) is 9.98 Å². The summed E-state index contributed by atoms with van der Waals surface area (Å²) >= 11 is 10.0. The summed E-state index contributed by atoms with van der Waals surface area (Å²) in [5, 5.41) is 20.2. The molecule has 387 valence electrons. The molecule has 6 aromatic rings. The molecule has 8 nitrogen and oxygen atoms in total. The van der Waals surface area contributed by atoms with Crippen molar-refractivity contribution in [3.63, 3.8) is 0 Å². The zero-order chi connectivity index (χ0) is 53.3. The number of alkyl halides is 6. The monoisotopic (exact) mass is 1710 g/mol. The minimum absolute atomic E-state index is 0. The van der Waals surface area contributed by atoms with Gasteiger partial charge >= 0.3 is 119 Å². The average molecular weight is 1710 g/mol. The molecule has 0 saturated heterocycles. The SMILES string of the molecule is CC.CC.CCc1cccc(B(O)O)c1.CCc1cccc(N2C(=O)C(=Nc3cccc(C(F)(F)F)c3)c3ccccc32)c1.I.I[I-]I.O=C1Nc2ccccc2C1=Nc1cccc(C(F)(F)F)c1.[I][V][I]. The van der Waals surface area contributed by atoms with Gasteiger partial charge in [-0.3, -0.25) is 14.5 Å². The number of carbonyl (C=O) groups is 2. The van der Waals surface area contributed by atoms with E-state index in [1.54, 1.807) is 59.5 Å². The number of rotatable bonds is 6. The van der Waals surface area contributed by atoms with Crippen LogP contribution in [0, 0.1) is 0 Å². The number of fused-ring (bicyclic) bond motifs is 2. The fraction of sp³-hybridized carbons (Fsp3) is 0.200. The second kappa shape index (κ2) is 35.5. The van der Waals surface area contributed by atoms with E-state index in [1.807, 2.05) is 84.0 Å². The van der Waals surface area contributed by atoms with Gasteiger partial charge in [0.25, 0.3) is 11.8 Å². The molecule has 72 heavy (non-hydrogen) atoms. The van der Waals surface area contributed by atoms with Crippen LogP contribution in [0.5, 0.6) is 0 Å². The van der Waals surface area contributed by atoms with Crippen molar-refractivity contribution >= 4 is 165 Å². The molecule has 2 aliphatic rings. The molecule has 3 N–H and O–H groups in total. The first-order chi connectivity index (χ1) is 33.9. The first kappa shape index (κ1) is 68.1. The normalized spacial score (nSPS) is 12.9. The van der Waals surface area contributed by atoms with Gasteiger partial charge in [-0.2, -0.15) is 26.3 Å². The molecule has 0 bridgehead atoms. The summed E-state index contributed by atoms with van der Waals surface area (Å²) in [7, 11) is -0.718. The van der Waals surface area contributed by atoms with E-state index in [0.29, 0.717) is 56.4 Å². The van der Waals surface area contributed by atoms with Crippen molar-refractivity contribution in [2.75, 3.05) is 10.2 Å². The van der Waals surface area contributed by atoms with Crippen molar-refractivity contribution in [1.29, 1.82) is 0 Å². The molecule has 8 rings (SSSR count). The maximum absolute atomic E-state index is 13.2. The van der Waals surface area contributed by atoms with Gasteiger partial charge in [-0.15, -0.1) is 24.0 Å². The topological polar surface area (TPSA) is 115 Å². The number of nitrogens with zero attached hydrogens (tertiary/aromatic N) is 3. The van der Waals surface area contributed by atoms with Gasteiger partial charge in [0.1, 0.15) is 11.4 Å². The van der Waals surface area contributed by atoms with E-state index >= 15 is 0 Å². The van der Waals surface area contributed by atoms with Crippen molar-refractivity contribution in [1.82, 2.24) is 0 Å². The number of halogens is 12. The molecule has 0 aromatic heterocycles. The second-order valence-electron chi connectivity index (χ2n) is 13.8. The Hall–Kier alpha value is -1.87. The number of aliphatic imine (C=N–C) groups is 2. The van der Waals surface area contributed by atoms with Gasteiger partial charge in [0, 0.05) is 16.8 Å². The molecule has 0 unspecified atom stereocenters. The first-order valence-electron chi connectivity index (χ1n) is 21.6. The van der Waals surface area contributed by atoms with Crippen LogP contribution in [0.2, 0.25) is 0 Å². The Morgan fingerprint density at radius 1 is 0.625 bits per heavy atom. The molecule has 0 aliphatic carbocycles. The molecule has 2 amide bonds. The number of para-hydroxylation sites is 2. The van der Waals surface area contributed by atoms with Gasteiger partial charge in [0.05, 0.1) is 33.9 Å². The van der Waals surface area contributed by atoms with Crippen LogP contribution in [-0.2, 0) is 44.2 Å². The van der Waals surface area contributed by atoms with Gasteiger partial charge in [-0.05, 0) is 90.1 Å². The molecular formula is C50H50BF6I6N4O4V-. The van der Waals surface area contributed by atoms with E-state index in [1.165, 1.54) is 24.3 Å². The fourth-order valence-electron chi connectivity index (χ4n) is 6.43. The third kappa shape index (κ3) is 21.3. The predicted molar refractivity (Wildman–Crippen MR) is 320 cm³/mol. The van der Waals surface area contributed by atoms with E-state index in [4.69, 9.17) is 10.0 Å². The maximum atomic E-state index is 13.2. The van der Waals surface area contributed by atoms with Gasteiger partial charge in [0.2, 0.25) is 0 Å². The predicted octanol–water partition coefficient (Wildman–Crippen LogP) is 13.0. The molecule has 0 saturated carbocycles. The van der Waals surface area contributed by atoms with Crippen LogP contribution in [0.4, 0.5) is 54.8 Å². The van der Waals surface area contributed by atoms with Crippen molar-refractivity contribution in [3.05, 3.63) is 179 Å². The van der Waals surface area contributed by atoms with Crippen molar-refractivity contribution in [2.45, 2.75) is 66.7 Å². The Balaban J connectivity index is 0.000000526. The van der Waals surface area contributed by atoms with Crippen molar-refractivity contribution in [2.24, 2.45) is 9.98 Å². The first-order valence-corrected chi connectivity index (χ1v) is 43.2. The Morgan fingerprint density at radius 3 is 1.57 bits per heavy atom. The molecule has 6 aromatic carbocycles. The van der Waals surface area contributed by atoms with E-state index in [-0.39, 0.29) is 52.7 Å². The number of anilines is 3. The van der Waals surface area contributed by atoms with E-state index < -0.39 is 36.5 Å². The van der Waals surface area contributed by atoms with Crippen LogP contribution in [0.25, 0.3) is 0 Å². The minimum atomic E-state index is -4.47. The number of benzene rings is 6. The Kier molecular flexibility index (Phi) is 33.6. The quantitative estimate of drug-likeness (QED) is 0.0875. The van der Waals surface area contributed by atoms with E-state index in [0.717, 1.165) is 48.2 Å². The number of amides is 2. The van der Waals surface area contributed by atoms with Crippen LogP contribution < -0.4 is 28.9 Å². The number of carbonyl (C=O) groups excluding carboxylic acids is 2. The zero-order valence-electron chi connectivity index (χ0n) is 39.4. The summed E-state index contributed by atoms with van der Waals surface area (Å²) in [6.07, 6.45) is -7.17. The van der Waals surface area contributed by atoms with Gasteiger partial charge in [0.15, 0.2) is 0 Å². The van der Waals surface area contributed by atoms with E-state index in [2.05, 4.69) is 92.5 Å². The molecule has 2 aliphatic heterocycles. The number of hydrogen-bond donors (Lipinski definition) is 3. The molecular weight excluding hydrogens is 1660 g/mol. The number of hydrogen-bond acceptors (Lipinski definition) is 6. The summed E-state index contributed by atoms with van der Waals surface area (Å²) in [6, 6.07) is 38.2. The Bertz CT molecular complexity index is 2700. The molecule has 0 atom stereocenters. The molecule has 0 spiro atoms.